The van der Waals surface area contributed by atoms with Crippen LogP contribution in [0, 0.1) is 0 Å². The molecular formula is C22H13N3. The summed E-state index contributed by atoms with van der Waals surface area (Å²) in [7, 11) is 0. The Morgan fingerprint density at radius 1 is 0.520 bits per heavy atom. The summed E-state index contributed by atoms with van der Waals surface area (Å²) in [6, 6.07) is 21.4. The predicted octanol–water partition coefficient (Wildman–Crippen LogP) is 5.57. The molecule has 0 aliphatic rings. The van der Waals surface area contributed by atoms with E-state index in [1.165, 1.54) is 21.5 Å². The first kappa shape index (κ1) is 12.9. The van der Waals surface area contributed by atoms with Crippen molar-refractivity contribution in [2.45, 2.75) is 0 Å². The van der Waals surface area contributed by atoms with Gasteiger partial charge in [-0.3, -0.25) is 9.97 Å². The molecule has 0 aliphatic heterocycles. The van der Waals surface area contributed by atoms with Crippen molar-refractivity contribution in [2.75, 3.05) is 0 Å². The molecule has 1 N–H and O–H groups in total. The molecule has 0 saturated carbocycles. The molecule has 3 nitrogen and oxygen atoms in total. The van der Waals surface area contributed by atoms with Crippen molar-refractivity contribution in [3.63, 3.8) is 0 Å². The molecule has 0 spiro atoms. The average molecular weight is 319 g/mol. The van der Waals surface area contributed by atoms with Crippen LogP contribution in [0.2, 0.25) is 0 Å². The largest absolute Gasteiger partial charge is 0.354 e. The fourth-order valence-electron chi connectivity index (χ4n) is 3.97. The molecule has 3 heteroatoms. The van der Waals surface area contributed by atoms with Crippen LogP contribution in [0.15, 0.2) is 73.1 Å². The third-order valence-corrected chi connectivity index (χ3v) is 5.07. The van der Waals surface area contributed by atoms with Crippen molar-refractivity contribution in [2.24, 2.45) is 0 Å². The molecule has 25 heavy (non-hydrogen) atoms. The van der Waals surface area contributed by atoms with Crippen LogP contribution in [0.4, 0.5) is 0 Å². The second-order valence-corrected chi connectivity index (χ2v) is 6.41. The maximum atomic E-state index is 4.64. The third-order valence-electron chi connectivity index (χ3n) is 5.07. The molecule has 0 atom stereocenters. The van der Waals surface area contributed by atoms with E-state index < -0.39 is 0 Å². The molecule has 0 saturated heterocycles. The van der Waals surface area contributed by atoms with E-state index in [1.807, 2.05) is 0 Å². The van der Waals surface area contributed by atoms with Gasteiger partial charge in [0.05, 0.1) is 11.0 Å². The lowest BCUT2D eigenvalue weighted by Crippen LogP contribution is -1.88. The fourth-order valence-corrected chi connectivity index (χ4v) is 3.97. The van der Waals surface area contributed by atoms with Gasteiger partial charge in [-0.1, -0.05) is 42.5 Å². The van der Waals surface area contributed by atoms with Gasteiger partial charge in [0.15, 0.2) is 0 Å². The predicted molar refractivity (Wildman–Crippen MR) is 104 cm³/mol. The van der Waals surface area contributed by atoms with E-state index in [0.717, 1.165) is 32.8 Å². The Morgan fingerprint density at radius 3 is 2.04 bits per heavy atom. The number of aromatic amines is 1. The topological polar surface area (TPSA) is 41.6 Å². The number of rotatable bonds is 0. The summed E-state index contributed by atoms with van der Waals surface area (Å²) >= 11 is 0. The Labute approximate surface area is 142 Å². The van der Waals surface area contributed by atoms with E-state index in [1.54, 1.807) is 12.4 Å². The quantitative estimate of drug-likeness (QED) is 0.372. The van der Waals surface area contributed by atoms with Crippen molar-refractivity contribution in [1.82, 2.24) is 15.0 Å². The molecule has 116 valence electrons. The second-order valence-electron chi connectivity index (χ2n) is 6.41. The van der Waals surface area contributed by atoms with Crippen LogP contribution in [0.5, 0.6) is 0 Å². The monoisotopic (exact) mass is 319 g/mol. The minimum atomic E-state index is 0.955. The first-order chi connectivity index (χ1) is 12.4. The van der Waals surface area contributed by atoms with Gasteiger partial charge in [0.2, 0.25) is 0 Å². The summed E-state index contributed by atoms with van der Waals surface area (Å²) in [5.74, 6) is 0. The summed E-state index contributed by atoms with van der Waals surface area (Å²) in [6.07, 6.45) is 3.54. The minimum Gasteiger partial charge on any atom is -0.354 e. The standard InChI is InChI=1S/C22H13N3/c1-2-7-15-13(5-1)16-11-17-14-6-3-4-8-19(14)25-20(17)12-18(16)22-21(15)23-9-10-24-22/h1-12,25H. The highest BCUT2D eigenvalue weighted by atomic mass is 14.8. The van der Waals surface area contributed by atoms with Crippen LogP contribution in [-0.2, 0) is 0 Å². The lowest BCUT2D eigenvalue weighted by atomic mass is 9.97. The highest BCUT2D eigenvalue weighted by molar-refractivity contribution is 6.26. The van der Waals surface area contributed by atoms with Gasteiger partial charge in [-0.15, -0.1) is 0 Å². The van der Waals surface area contributed by atoms with Gasteiger partial charge < -0.3 is 4.98 Å². The fraction of sp³-hybridized carbons (Fsp3) is 0. The van der Waals surface area contributed by atoms with E-state index in [9.17, 15) is 0 Å². The molecule has 2 aromatic heterocycles. The number of aromatic nitrogens is 3. The van der Waals surface area contributed by atoms with Crippen molar-refractivity contribution in [1.29, 1.82) is 0 Å². The van der Waals surface area contributed by atoms with Crippen LogP contribution in [-0.4, -0.2) is 15.0 Å². The number of hydrogen-bond donors (Lipinski definition) is 1. The summed E-state index contributed by atoms with van der Waals surface area (Å²) in [6.45, 7) is 0. The molecule has 0 radical (unpaired) electrons. The first-order valence-electron chi connectivity index (χ1n) is 8.36. The second kappa shape index (κ2) is 4.54. The van der Waals surface area contributed by atoms with Crippen molar-refractivity contribution < 1.29 is 0 Å². The minimum absolute atomic E-state index is 0.955. The zero-order valence-corrected chi connectivity index (χ0v) is 13.3. The molecular weight excluding hydrogens is 306 g/mol. The van der Waals surface area contributed by atoms with Gasteiger partial charge in [0, 0.05) is 45.0 Å². The highest BCUT2D eigenvalue weighted by Crippen LogP contribution is 2.37. The zero-order valence-electron chi connectivity index (χ0n) is 13.3. The van der Waals surface area contributed by atoms with Crippen LogP contribution in [0.25, 0.3) is 54.4 Å². The Morgan fingerprint density at radius 2 is 1.20 bits per heavy atom. The lowest BCUT2D eigenvalue weighted by Gasteiger charge is -2.09. The number of hydrogen-bond acceptors (Lipinski definition) is 2. The molecule has 0 unspecified atom stereocenters. The molecule has 4 aromatic carbocycles. The zero-order chi connectivity index (χ0) is 16.4. The SMILES string of the molecule is c1ccc2c(c1)[nH]c1cc3c(cc12)c1ccccc1c1nccnc31. The van der Waals surface area contributed by atoms with Crippen molar-refractivity contribution in [3.8, 4) is 0 Å². The van der Waals surface area contributed by atoms with Gasteiger partial charge in [0.1, 0.15) is 0 Å². The summed E-state index contributed by atoms with van der Waals surface area (Å²) in [5, 5.41) is 7.23. The van der Waals surface area contributed by atoms with Crippen molar-refractivity contribution >= 4 is 54.4 Å². The van der Waals surface area contributed by atoms with E-state index in [2.05, 4.69) is 75.6 Å². The molecule has 0 fully saturated rings. The number of nitrogens with zero attached hydrogens (tertiary/aromatic N) is 2. The molecule has 0 amide bonds. The number of para-hydroxylation sites is 1. The number of H-pyrrole nitrogens is 1. The summed E-state index contributed by atoms with van der Waals surface area (Å²) < 4.78 is 0. The maximum Gasteiger partial charge on any atom is 0.0972 e. The lowest BCUT2D eigenvalue weighted by molar-refractivity contribution is 1.31. The molecule has 0 aliphatic carbocycles. The van der Waals surface area contributed by atoms with E-state index >= 15 is 0 Å². The van der Waals surface area contributed by atoms with Gasteiger partial charge in [-0.2, -0.15) is 0 Å². The third kappa shape index (κ3) is 1.64. The van der Waals surface area contributed by atoms with Gasteiger partial charge in [-0.25, -0.2) is 0 Å². The Balaban J connectivity index is 1.96. The van der Waals surface area contributed by atoms with Crippen LogP contribution in [0.1, 0.15) is 0 Å². The molecule has 6 aromatic rings. The highest BCUT2D eigenvalue weighted by Gasteiger charge is 2.13. The molecule has 0 bridgehead atoms. The van der Waals surface area contributed by atoms with Gasteiger partial charge >= 0.3 is 0 Å². The van der Waals surface area contributed by atoms with Gasteiger partial charge in [0.25, 0.3) is 0 Å². The average Bonchev–Trinajstić information content (AvgIpc) is 3.04. The van der Waals surface area contributed by atoms with E-state index in [-0.39, 0.29) is 0 Å². The Bertz CT molecular complexity index is 1440. The van der Waals surface area contributed by atoms with Crippen LogP contribution < -0.4 is 0 Å². The Kier molecular flexibility index (Phi) is 2.35. The summed E-state index contributed by atoms with van der Waals surface area (Å²) in [4.78, 5) is 12.8. The Hall–Kier alpha value is -3.46. The number of nitrogens with one attached hydrogen (secondary N) is 1. The summed E-state index contributed by atoms with van der Waals surface area (Å²) in [5.41, 5.74) is 4.21. The van der Waals surface area contributed by atoms with Gasteiger partial charge in [-0.05, 0) is 29.0 Å². The van der Waals surface area contributed by atoms with E-state index in [0.29, 0.717) is 0 Å². The first-order valence-corrected chi connectivity index (χ1v) is 8.36. The number of benzene rings is 4. The smallest absolute Gasteiger partial charge is 0.0972 e. The van der Waals surface area contributed by atoms with Crippen LogP contribution in [0.3, 0.4) is 0 Å². The molecule has 6 rings (SSSR count). The number of fused-ring (bicyclic) bond motifs is 9. The molecule has 2 heterocycles. The normalized spacial score (nSPS) is 12.0. The van der Waals surface area contributed by atoms with Crippen LogP contribution >= 0.6 is 0 Å². The maximum absolute atomic E-state index is 4.64. The van der Waals surface area contributed by atoms with Crippen molar-refractivity contribution in [3.05, 3.63) is 73.1 Å². The van der Waals surface area contributed by atoms with E-state index in [4.69, 9.17) is 0 Å².